The number of carbonyl (C=O) groups excluding carboxylic acids is 3. The molecule has 1 heterocycles. The predicted octanol–water partition coefficient (Wildman–Crippen LogP) is 4.00. The first-order valence-electron chi connectivity index (χ1n) is 10.9. The van der Waals surface area contributed by atoms with Gasteiger partial charge in [0, 0.05) is 35.6 Å². The number of ether oxygens (including phenoxy) is 2. The number of piperidine rings is 1. The third-order valence-electron chi connectivity index (χ3n) is 5.56. The maximum Gasteiger partial charge on any atom is 0.311 e. The van der Waals surface area contributed by atoms with E-state index in [9.17, 15) is 14.4 Å². The highest BCUT2D eigenvalue weighted by molar-refractivity contribution is 5.96. The van der Waals surface area contributed by atoms with Crippen LogP contribution in [0, 0.1) is 0 Å². The number of rotatable bonds is 8. The number of hydrogen-bond acceptors (Lipinski definition) is 6. The molecule has 0 saturated carbocycles. The second-order valence-electron chi connectivity index (χ2n) is 7.98. The Kier molecular flexibility index (Phi) is 7.87. The molecule has 0 spiro atoms. The average Bonchev–Trinajstić information content (AvgIpc) is 2.80. The van der Waals surface area contributed by atoms with Gasteiger partial charge in [-0.1, -0.05) is 0 Å². The van der Waals surface area contributed by atoms with Crippen LogP contribution in [0.4, 0.5) is 11.4 Å². The Morgan fingerprint density at radius 1 is 1.03 bits per heavy atom. The number of Topliss-reactive ketones (excluding diaryl/α,β-unsaturated/α-hetero) is 1. The minimum atomic E-state index is -0.966. The van der Waals surface area contributed by atoms with Crippen molar-refractivity contribution in [1.82, 2.24) is 0 Å². The van der Waals surface area contributed by atoms with Gasteiger partial charge in [-0.25, -0.2) is 0 Å². The molecule has 1 unspecified atom stereocenters. The Balaban J connectivity index is 1.55. The summed E-state index contributed by atoms with van der Waals surface area (Å²) in [5.74, 6) is -0.611. The maximum atomic E-state index is 12.5. The number of esters is 1. The lowest BCUT2D eigenvalue weighted by molar-refractivity contribution is -0.152. The first kappa shape index (κ1) is 23.3. The molecule has 7 nitrogen and oxygen atoms in total. The van der Waals surface area contributed by atoms with Crippen LogP contribution >= 0.6 is 0 Å². The number of nitrogens with zero attached hydrogens (tertiary/aromatic N) is 1. The minimum absolute atomic E-state index is 0.105. The van der Waals surface area contributed by atoms with Crippen LogP contribution in [0.2, 0.25) is 0 Å². The number of amides is 1. The van der Waals surface area contributed by atoms with Crippen molar-refractivity contribution in [2.24, 2.45) is 0 Å². The zero-order valence-corrected chi connectivity index (χ0v) is 18.8. The molecule has 0 bridgehead atoms. The van der Waals surface area contributed by atoms with E-state index in [4.69, 9.17) is 9.47 Å². The summed E-state index contributed by atoms with van der Waals surface area (Å²) in [5.41, 5.74) is 2.80. The van der Waals surface area contributed by atoms with Crippen LogP contribution in [0.15, 0.2) is 42.5 Å². The average molecular weight is 439 g/mol. The van der Waals surface area contributed by atoms with Gasteiger partial charge in [-0.3, -0.25) is 14.4 Å². The second kappa shape index (κ2) is 10.8. The van der Waals surface area contributed by atoms with E-state index < -0.39 is 18.0 Å². The fourth-order valence-corrected chi connectivity index (χ4v) is 3.74. The molecule has 170 valence electrons. The quantitative estimate of drug-likeness (QED) is 0.495. The highest BCUT2D eigenvalue weighted by atomic mass is 16.5. The molecule has 32 heavy (non-hydrogen) atoms. The summed E-state index contributed by atoms with van der Waals surface area (Å²) >= 11 is 0. The molecule has 3 rings (SSSR count). The number of nitrogens with one attached hydrogen (secondary N) is 1. The van der Waals surface area contributed by atoms with E-state index in [0.29, 0.717) is 22.6 Å². The molecule has 1 aliphatic heterocycles. The minimum Gasteiger partial charge on any atom is -0.496 e. The Morgan fingerprint density at radius 3 is 2.34 bits per heavy atom. The van der Waals surface area contributed by atoms with E-state index in [0.717, 1.165) is 18.8 Å². The number of carbonyl (C=O) groups is 3. The van der Waals surface area contributed by atoms with Crippen molar-refractivity contribution in [3.8, 4) is 5.75 Å². The summed E-state index contributed by atoms with van der Waals surface area (Å²) in [6.07, 6.45) is 2.60. The smallest absolute Gasteiger partial charge is 0.311 e. The molecular weight excluding hydrogens is 408 g/mol. The summed E-state index contributed by atoms with van der Waals surface area (Å²) in [7, 11) is 1.49. The van der Waals surface area contributed by atoms with Gasteiger partial charge in [0.25, 0.3) is 5.91 Å². The van der Waals surface area contributed by atoms with Crippen LogP contribution in [-0.4, -0.2) is 44.0 Å². The summed E-state index contributed by atoms with van der Waals surface area (Å²) in [6, 6.07) is 12.6. The van der Waals surface area contributed by atoms with Crippen molar-refractivity contribution in [1.29, 1.82) is 0 Å². The van der Waals surface area contributed by atoms with E-state index in [2.05, 4.69) is 10.2 Å². The van der Waals surface area contributed by atoms with E-state index in [-0.39, 0.29) is 12.2 Å². The fourth-order valence-electron chi connectivity index (χ4n) is 3.74. The van der Waals surface area contributed by atoms with Gasteiger partial charge in [-0.05, 0) is 75.6 Å². The number of hydrogen-bond donors (Lipinski definition) is 1. The number of methoxy groups -OCH3 is 1. The third kappa shape index (κ3) is 6.09. The fraction of sp³-hybridized carbons (Fsp3) is 0.400. The maximum absolute atomic E-state index is 12.5. The molecular formula is C25H30N2O5. The van der Waals surface area contributed by atoms with Gasteiger partial charge in [-0.2, -0.15) is 0 Å². The van der Waals surface area contributed by atoms with Gasteiger partial charge in [0.05, 0.1) is 13.5 Å². The highest BCUT2D eigenvalue weighted by Gasteiger charge is 2.20. The summed E-state index contributed by atoms with van der Waals surface area (Å²) < 4.78 is 10.6. The van der Waals surface area contributed by atoms with Crippen LogP contribution < -0.4 is 15.0 Å². The molecule has 7 heteroatoms. The van der Waals surface area contributed by atoms with Crippen molar-refractivity contribution in [2.75, 3.05) is 30.4 Å². The Bertz CT molecular complexity index is 965. The van der Waals surface area contributed by atoms with Crippen molar-refractivity contribution in [3.05, 3.63) is 53.6 Å². The van der Waals surface area contributed by atoms with Gasteiger partial charge in [0.15, 0.2) is 11.9 Å². The Hall–Kier alpha value is -3.35. The van der Waals surface area contributed by atoms with Gasteiger partial charge >= 0.3 is 5.97 Å². The number of anilines is 2. The second-order valence-corrected chi connectivity index (χ2v) is 7.98. The van der Waals surface area contributed by atoms with E-state index in [1.807, 2.05) is 24.3 Å². The number of benzene rings is 2. The van der Waals surface area contributed by atoms with Gasteiger partial charge in [-0.15, -0.1) is 0 Å². The number of ketones is 1. The molecule has 1 N–H and O–H groups in total. The Morgan fingerprint density at radius 2 is 1.72 bits per heavy atom. The van der Waals surface area contributed by atoms with E-state index in [1.165, 1.54) is 40.2 Å². The predicted molar refractivity (Wildman–Crippen MR) is 123 cm³/mol. The Labute approximate surface area is 188 Å². The van der Waals surface area contributed by atoms with E-state index >= 15 is 0 Å². The molecule has 2 aromatic rings. The van der Waals surface area contributed by atoms with E-state index in [1.54, 1.807) is 18.2 Å². The van der Waals surface area contributed by atoms with Crippen LogP contribution in [0.3, 0.4) is 0 Å². The van der Waals surface area contributed by atoms with Crippen molar-refractivity contribution in [3.63, 3.8) is 0 Å². The normalized spacial score (nSPS) is 14.4. The van der Waals surface area contributed by atoms with Crippen LogP contribution in [0.5, 0.6) is 5.75 Å². The zero-order valence-electron chi connectivity index (χ0n) is 18.8. The van der Waals surface area contributed by atoms with Crippen LogP contribution in [0.25, 0.3) is 0 Å². The lowest BCUT2D eigenvalue weighted by Crippen LogP contribution is -2.31. The first-order chi connectivity index (χ1) is 15.4. The molecule has 1 amide bonds. The molecule has 1 fully saturated rings. The molecule has 1 aliphatic rings. The molecule has 1 saturated heterocycles. The largest absolute Gasteiger partial charge is 0.496 e. The topological polar surface area (TPSA) is 84.9 Å². The first-order valence-corrected chi connectivity index (χ1v) is 10.9. The standard InChI is InChI=1S/C25H30N2O5/c1-17(28)19-7-12-23(31-3)20(15-19)16-24(29)32-18(2)25(30)26-21-8-10-22(11-9-21)27-13-5-4-6-14-27/h7-12,15,18H,4-6,13-14,16H2,1-3H3,(H,26,30). The summed E-state index contributed by atoms with van der Waals surface area (Å²) in [4.78, 5) is 38.9. The summed E-state index contributed by atoms with van der Waals surface area (Å²) in [5, 5.41) is 2.78. The van der Waals surface area contributed by atoms with Gasteiger partial charge in [0.2, 0.25) is 0 Å². The third-order valence-corrected chi connectivity index (χ3v) is 5.56. The lowest BCUT2D eigenvalue weighted by Gasteiger charge is -2.28. The molecule has 2 aromatic carbocycles. The SMILES string of the molecule is COc1ccc(C(C)=O)cc1CC(=O)OC(C)C(=O)Nc1ccc(N2CCCCC2)cc1. The highest BCUT2D eigenvalue weighted by Crippen LogP contribution is 2.23. The van der Waals surface area contributed by atoms with Crippen molar-refractivity contribution >= 4 is 29.0 Å². The molecule has 0 aromatic heterocycles. The molecule has 1 atom stereocenters. The monoisotopic (exact) mass is 438 g/mol. The molecule has 0 aliphatic carbocycles. The van der Waals surface area contributed by atoms with Crippen molar-refractivity contribution < 1.29 is 23.9 Å². The zero-order chi connectivity index (χ0) is 23.1. The van der Waals surface area contributed by atoms with Gasteiger partial charge < -0.3 is 19.7 Å². The molecule has 0 radical (unpaired) electrons. The summed E-state index contributed by atoms with van der Waals surface area (Å²) in [6.45, 7) is 5.09. The van der Waals surface area contributed by atoms with Gasteiger partial charge in [0.1, 0.15) is 5.75 Å². The van der Waals surface area contributed by atoms with Crippen LogP contribution in [-0.2, 0) is 20.7 Å². The van der Waals surface area contributed by atoms with Crippen molar-refractivity contribution in [2.45, 2.75) is 45.6 Å². The lowest BCUT2D eigenvalue weighted by atomic mass is 10.0. The van der Waals surface area contributed by atoms with Crippen LogP contribution in [0.1, 0.15) is 49.0 Å².